The summed E-state index contributed by atoms with van der Waals surface area (Å²) in [4.78, 5) is 13.7. The van der Waals surface area contributed by atoms with Gasteiger partial charge in [-0.2, -0.15) is 5.26 Å². The van der Waals surface area contributed by atoms with E-state index in [0.29, 0.717) is 11.3 Å². The lowest BCUT2D eigenvalue weighted by Crippen LogP contribution is -2.32. The lowest BCUT2D eigenvalue weighted by atomic mass is 10.2. The first-order valence-electron chi connectivity index (χ1n) is 6.27. The topological polar surface area (TPSA) is 56.1 Å². The molecule has 0 radical (unpaired) electrons. The number of carbonyl (C=O) groups is 1. The third-order valence-corrected chi connectivity index (χ3v) is 3.00. The monoisotopic (exact) mass is 265 g/mol. The fourth-order valence-corrected chi connectivity index (χ4v) is 1.82. The van der Waals surface area contributed by atoms with Gasteiger partial charge >= 0.3 is 0 Å². The molecule has 0 aliphatic rings. The molecule has 0 saturated carbocycles. The van der Waals surface area contributed by atoms with Gasteiger partial charge < -0.3 is 10.2 Å². The summed E-state index contributed by atoms with van der Waals surface area (Å²) >= 11 is 0. The van der Waals surface area contributed by atoms with Gasteiger partial charge in [0.1, 0.15) is 6.07 Å². The van der Waals surface area contributed by atoms with E-state index in [2.05, 4.69) is 11.4 Å². The van der Waals surface area contributed by atoms with Crippen LogP contribution in [0.25, 0.3) is 0 Å². The predicted molar refractivity (Wildman–Crippen MR) is 79.5 cm³/mol. The van der Waals surface area contributed by atoms with Crippen LogP contribution in [-0.4, -0.2) is 19.5 Å². The molecule has 0 fully saturated rings. The molecule has 20 heavy (non-hydrogen) atoms. The number of nitriles is 1. The first-order chi connectivity index (χ1) is 9.72. The Labute approximate surface area is 118 Å². The standard InChI is InChI=1S/C16H15N3O/c1-19(14-8-3-2-4-9-14)16(20)12-18-15-10-6-5-7-13(15)11-17/h2-10,18H,12H2,1H3. The van der Waals surface area contributed by atoms with Gasteiger partial charge in [0.2, 0.25) is 5.91 Å². The smallest absolute Gasteiger partial charge is 0.246 e. The minimum Gasteiger partial charge on any atom is -0.375 e. The Balaban J connectivity index is 2.01. The molecular formula is C16H15N3O. The van der Waals surface area contributed by atoms with Gasteiger partial charge in [-0.05, 0) is 24.3 Å². The van der Waals surface area contributed by atoms with Gasteiger partial charge in [-0.25, -0.2) is 0 Å². The van der Waals surface area contributed by atoms with Crippen molar-refractivity contribution in [2.45, 2.75) is 0 Å². The molecule has 0 bridgehead atoms. The molecule has 0 saturated heterocycles. The van der Waals surface area contributed by atoms with Crippen molar-refractivity contribution < 1.29 is 4.79 Å². The van der Waals surface area contributed by atoms with Crippen LogP contribution < -0.4 is 10.2 Å². The average Bonchev–Trinajstić information content (AvgIpc) is 2.53. The van der Waals surface area contributed by atoms with Crippen molar-refractivity contribution >= 4 is 17.3 Å². The Morgan fingerprint density at radius 3 is 2.50 bits per heavy atom. The van der Waals surface area contributed by atoms with E-state index in [1.54, 1.807) is 30.1 Å². The van der Waals surface area contributed by atoms with E-state index in [1.807, 2.05) is 36.4 Å². The number of para-hydroxylation sites is 2. The molecule has 2 aromatic carbocycles. The van der Waals surface area contributed by atoms with E-state index >= 15 is 0 Å². The second-order valence-corrected chi connectivity index (χ2v) is 4.30. The lowest BCUT2D eigenvalue weighted by molar-refractivity contribution is -0.116. The summed E-state index contributed by atoms with van der Waals surface area (Å²) in [6.07, 6.45) is 0. The third kappa shape index (κ3) is 3.15. The van der Waals surface area contributed by atoms with Gasteiger partial charge in [0, 0.05) is 12.7 Å². The fraction of sp³-hybridized carbons (Fsp3) is 0.125. The molecule has 2 rings (SSSR count). The molecular weight excluding hydrogens is 250 g/mol. The molecule has 0 spiro atoms. The van der Waals surface area contributed by atoms with Crippen molar-refractivity contribution in [3.05, 3.63) is 60.2 Å². The summed E-state index contributed by atoms with van der Waals surface area (Å²) in [6.45, 7) is 0.143. The Morgan fingerprint density at radius 2 is 1.80 bits per heavy atom. The number of benzene rings is 2. The number of nitrogens with one attached hydrogen (secondary N) is 1. The van der Waals surface area contributed by atoms with Gasteiger partial charge in [0.25, 0.3) is 0 Å². The Kier molecular flexibility index (Phi) is 4.35. The van der Waals surface area contributed by atoms with E-state index in [1.165, 1.54) is 0 Å². The number of amides is 1. The number of likely N-dealkylation sites (N-methyl/N-ethyl adjacent to an activating group) is 1. The molecule has 0 heterocycles. The zero-order valence-corrected chi connectivity index (χ0v) is 11.2. The van der Waals surface area contributed by atoms with E-state index in [4.69, 9.17) is 5.26 Å². The van der Waals surface area contributed by atoms with Crippen LogP contribution in [0.4, 0.5) is 11.4 Å². The largest absolute Gasteiger partial charge is 0.375 e. The third-order valence-electron chi connectivity index (χ3n) is 3.00. The minimum atomic E-state index is -0.0658. The average molecular weight is 265 g/mol. The molecule has 0 aromatic heterocycles. The highest BCUT2D eigenvalue weighted by Crippen LogP contribution is 2.14. The first-order valence-corrected chi connectivity index (χ1v) is 6.27. The van der Waals surface area contributed by atoms with Gasteiger partial charge in [-0.1, -0.05) is 30.3 Å². The van der Waals surface area contributed by atoms with E-state index in [9.17, 15) is 4.79 Å². The van der Waals surface area contributed by atoms with Gasteiger partial charge in [0.05, 0.1) is 17.8 Å². The number of hydrogen-bond donors (Lipinski definition) is 1. The van der Waals surface area contributed by atoms with E-state index in [-0.39, 0.29) is 12.5 Å². The van der Waals surface area contributed by atoms with Crippen LogP contribution in [0.15, 0.2) is 54.6 Å². The fourth-order valence-electron chi connectivity index (χ4n) is 1.82. The quantitative estimate of drug-likeness (QED) is 0.924. The molecule has 0 atom stereocenters. The minimum absolute atomic E-state index is 0.0658. The highest BCUT2D eigenvalue weighted by molar-refractivity contribution is 5.95. The lowest BCUT2D eigenvalue weighted by Gasteiger charge is -2.18. The predicted octanol–water partition coefficient (Wildman–Crippen LogP) is 2.63. The van der Waals surface area contributed by atoms with Crippen LogP contribution >= 0.6 is 0 Å². The Hall–Kier alpha value is -2.80. The molecule has 4 heteroatoms. The van der Waals surface area contributed by atoms with Crippen molar-refractivity contribution in [1.29, 1.82) is 5.26 Å². The Morgan fingerprint density at radius 1 is 1.15 bits per heavy atom. The Bertz CT molecular complexity index is 632. The van der Waals surface area contributed by atoms with Crippen LogP contribution in [0.5, 0.6) is 0 Å². The number of hydrogen-bond acceptors (Lipinski definition) is 3. The van der Waals surface area contributed by atoms with Crippen molar-refractivity contribution in [1.82, 2.24) is 0 Å². The van der Waals surface area contributed by atoms with Crippen molar-refractivity contribution in [3.8, 4) is 6.07 Å². The molecule has 1 amide bonds. The van der Waals surface area contributed by atoms with Crippen LogP contribution in [0.1, 0.15) is 5.56 Å². The second kappa shape index (κ2) is 6.39. The number of nitrogens with zero attached hydrogens (tertiary/aromatic N) is 2. The summed E-state index contributed by atoms with van der Waals surface area (Å²) in [7, 11) is 1.73. The maximum Gasteiger partial charge on any atom is 0.246 e. The van der Waals surface area contributed by atoms with Crippen LogP contribution in [0.3, 0.4) is 0 Å². The molecule has 2 aromatic rings. The summed E-state index contributed by atoms with van der Waals surface area (Å²) in [5.74, 6) is -0.0658. The molecule has 100 valence electrons. The zero-order chi connectivity index (χ0) is 14.4. The number of carbonyl (C=O) groups excluding carboxylic acids is 1. The molecule has 0 aliphatic carbocycles. The SMILES string of the molecule is CN(C(=O)CNc1ccccc1C#N)c1ccccc1. The number of rotatable bonds is 4. The van der Waals surface area contributed by atoms with E-state index < -0.39 is 0 Å². The summed E-state index contributed by atoms with van der Waals surface area (Å²) in [5.41, 5.74) is 2.04. The first kappa shape index (κ1) is 13.6. The summed E-state index contributed by atoms with van der Waals surface area (Å²) in [5, 5.41) is 12.0. The van der Waals surface area contributed by atoms with Gasteiger partial charge in [-0.3, -0.25) is 4.79 Å². The normalized spacial score (nSPS) is 9.60. The molecule has 0 unspecified atom stereocenters. The summed E-state index contributed by atoms with van der Waals surface area (Å²) in [6, 6.07) is 18.6. The second-order valence-electron chi connectivity index (χ2n) is 4.30. The summed E-state index contributed by atoms with van der Waals surface area (Å²) < 4.78 is 0. The molecule has 1 N–H and O–H groups in total. The van der Waals surface area contributed by atoms with E-state index in [0.717, 1.165) is 5.69 Å². The maximum atomic E-state index is 12.1. The molecule has 4 nitrogen and oxygen atoms in total. The van der Waals surface area contributed by atoms with Gasteiger partial charge in [-0.15, -0.1) is 0 Å². The van der Waals surface area contributed by atoms with Crippen LogP contribution in [0.2, 0.25) is 0 Å². The highest BCUT2D eigenvalue weighted by Gasteiger charge is 2.10. The molecule has 0 aliphatic heterocycles. The van der Waals surface area contributed by atoms with Crippen molar-refractivity contribution in [2.75, 3.05) is 23.8 Å². The van der Waals surface area contributed by atoms with Crippen LogP contribution in [0, 0.1) is 11.3 Å². The van der Waals surface area contributed by atoms with Crippen molar-refractivity contribution in [3.63, 3.8) is 0 Å². The van der Waals surface area contributed by atoms with Crippen molar-refractivity contribution in [2.24, 2.45) is 0 Å². The van der Waals surface area contributed by atoms with Gasteiger partial charge in [0.15, 0.2) is 0 Å². The zero-order valence-electron chi connectivity index (χ0n) is 11.2. The highest BCUT2D eigenvalue weighted by atomic mass is 16.2. The number of anilines is 2. The maximum absolute atomic E-state index is 12.1. The van der Waals surface area contributed by atoms with Crippen LogP contribution in [-0.2, 0) is 4.79 Å².